The largest absolute Gasteiger partial charge is 0.507 e. The number of aromatic nitrogens is 3. The Morgan fingerprint density at radius 1 is 0.800 bits per heavy atom. The molecule has 152 valence electrons. The van der Waals surface area contributed by atoms with Crippen molar-refractivity contribution in [2.45, 2.75) is 13.8 Å². The second kappa shape index (κ2) is 8.91. The predicted octanol–water partition coefficient (Wildman–Crippen LogP) is 4.74. The molecule has 1 heterocycles. The molecule has 7 nitrogen and oxygen atoms in total. The van der Waals surface area contributed by atoms with Gasteiger partial charge in [0.05, 0.1) is 22.4 Å². The Morgan fingerprint density at radius 3 is 1.87 bits per heavy atom. The number of carbonyl (C=O) groups is 1. The molecule has 0 aliphatic carbocycles. The van der Waals surface area contributed by atoms with Gasteiger partial charge in [-0.1, -0.05) is 38.1 Å². The molecule has 0 fully saturated rings. The normalized spacial score (nSPS) is 10.2. The number of phenolic OH excluding ortho intramolecular Hbond substituents is 2. The van der Waals surface area contributed by atoms with Crippen LogP contribution in [0.1, 0.15) is 24.2 Å². The van der Waals surface area contributed by atoms with Gasteiger partial charge in [-0.15, -0.1) is 5.10 Å². The number of aromatic carboxylic acids is 1. The molecule has 0 radical (unpaired) electrons. The van der Waals surface area contributed by atoms with Crippen molar-refractivity contribution < 1.29 is 20.1 Å². The Kier molecular flexibility index (Phi) is 6.12. The minimum Gasteiger partial charge on any atom is -0.507 e. The number of carboxylic acids is 1. The van der Waals surface area contributed by atoms with Gasteiger partial charge >= 0.3 is 5.97 Å². The summed E-state index contributed by atoms with van der Waals surface area (Å²) < 4.78 is 1.50. The summed E-state index contributed by atoms with van der Waals surface area (Å²) in [6.45, 7) is 4.00. The van der Waals surface area contributed by atoms with Crippen molar-refractivity contribution >= 4 is 5.97 Å². The van der Waals surface area contributed by atoms with Crippen molar-refractivity contribution in [3.63, 3.8) is 0 Å². The van der Waals surface area contributed by atoms with Gasteiger partial charge < -0.3 is 15.3 Å². The fourth-order valence-electron chi connectivity index (χ4n) is 2.85. The van der Waals surface area contributed by atoms with Gasteiger partial charge in [0.25, 0.3) is 0 Å². The van der Waals surface area contributed by atoms with Gasteiger partial charge in [0.2, 0.25) is 0 Å². The van der Waals surface area contributed by atoms with Gasteiger partial charge in [0.15, 0.2) is 11.6 Å². The number of aromatic hydroxyl groups is 2. The molecule has 0 aliphatic rings. The van der Waals surface area contributed by atoms with E-state index < -0.39 is 5.97 Å². The molecule has 4 aromatic rings. The van der Waals surface area contributed by atoms with Crippen molar-refractivity contribution in [2.75, 3.05) is 0 Å². The number of rotatable bonds is 4. The Labute approximate surface area is 173 Å². The second-order valence-corrected chi connectivity index (χ2v) is 6.06. The maximum atomic E-state index is 11.1. The van der Waals surface area contributed by atoms with Crippen LogP contribution in [0.4, 0.5) is 0 Å². The lowest BCUT2D eigenvalue weighted by atomic mass is 10.1. The van der Waals surface area contributed by atoms with Crippen LogP contribution in [0.3, 0.4) is 0 Å². The first-order chi connectivity index (χ1) is 14.5. The molecule has 4 rings (SSSR count). The molecule has 7 heteroatoms. The van der Waals surface area contributed by atoms with Crippen molar-refractivity contribution in [1.82, 2.24) is 14.8 Å². The number of carboxylic acid groups (broad SMARTS) is 1. The Hall–Kier alpha value is -4.13. The maximum Gasteiger partial charge on any atom is 0.335 e. The molecule has 3 aromatic carbocycles. The van der Waals surface area contributed by atoms with Crippen molar-refractivity contribution in [1.29, 1.82) is 0 Å². The van der Waals surface area contributed by atoms with Crippen LogP contribution in [0, 0.1) is 0 Å². The van der Waals surface area contributed by atoms with Crippen molar-refractivity contribution in [2.24, 2.45) is 0 Å². The van der Waals surface area contributed by atoms with Crippen LogP contribution in [0.25, 0.3) is 28.5 Å². The van der Waals surface area contributed by atoms with E-state index in [9.17, 15) is 15.0 Å². The summed E-state index contributed by atoms with van der Waals surface area (Å²) in [6.07, 6.45) is 0. The Morgan fingerprint density at radius 2 is 1.33 bits per heavy atom. The van der Waals surface area contributed by atoms with Gasteiger partial charge in [-0.3, -0.25) is 0 Å². The molecule has 0 atom stereocenters. The lowest BCUT2D eigenvalue weighted by molar-refractivity contribution is 0.0697. The average Bonchev–Trinajstić information content (AvgIpc) is 3.21. The molecule has 0 amide bonds. The maximum absolute atomic E-state index is 11.1. The fourth-order valence-corrected chi connectivity index (χ4v) is 2.85. The highest BCUT2D eigenvalue weighted by Crippen LogP contribution is 2.33. The van der Waals surface area contributed by atoms with E-state index >= 15 is 0 Å². The van der Waals surface area contributed by atoms with E-state index in [1.165, 1.54) is 22.9 Å². The van der Waals surface area contributed by atoms with Crippen LogP contribution in [0.5, 0.6) is 11.5 Å². The zero-order valence-corrected chi connectivity index (χ0v) is 16.5. The summed E-state index contributed by atoms with van der Waals surface area (Å²) in [7, 11) is 0. The summed E-state index contributed by atoms with van der Waals surface area (Å²) in [5.74, 6) is -0.328. The molecule has 0 bridgehead atoms. The lowest BCUT2D eigenvalue weighted by Gasteiger charge is -2.07. The third kappa shape index (κ3) is 4.00. The predicted molar refractivity (Wildman–Crippen MR) is 114 cm³/mol. The van der Waals surface area contributed by atoms with E-state index in [0.29, 0.717) is 22.6 Å². The van der Waals surface area contributed by atoms with Crippen molar-refractivity contribution in [3.05, 3.63) is 78.4 Å². The molecule has 0 saturated heterocycles. The molecule has 0 spiro atoms. The van der Waals surface area contributed by atoms with Gasteiger partial charge in [-0.05, 0) is 48.5 Å². The monoisotopic (exact) mass is 403 g/mol. The Balaban J connectivity index is 0.00000124. The van der Waals surface area contributed by atoms with Crippen LogP contribution >= 0.6 is 0 Å². The van der Waals surface area contributed by atoms with E-state index in [1.54, 1.807) is 54.6 Å². The summed E-state index contributed by atoms with van der Waals surface area (Å²) >= 11 is 0. The third-order valence-electron chi connectivity index (χ3n) is 4.26. The first-order valence-electron chi connectivity index (χ1n) is 9.42. The standard InChI is InChI=1S/C21H15N3O4.C2H6/c25-17-7-3-1-5-15(17)19-22-20(16-6-2-4-8-18(16)26)24(23-19)14-11-9-13(10-12-14)21(27)28;1-2/h1-12,25-26H,(H,27,28);1-2H3. The summed E-state index contributed by atoms with van der Waals surface area (Å²) in [5.41, 5.74) is 1.62. The summed E-state index contributed by atoms with van der Waals surface area (Å²) in [5, 5.41) is 34.0. The van der Waals surface area contributed by atoms with E-state index in [-0.39, 0.29) is 22.9 Å². The van der Waals surface area contributed by atoms with Crippen molar-refractivity contribution in [3.8, 4) is 40.0 Å². The highest BCUT2D eigenvalue weighted by Gasteiger charge is 2.19. The minimum atomic E-state index is -1.03. The zero-order chi connectivity index (χ0) is 21.7. The molecule has 3 N–H and O–H groups in total. The van der Waals surface area contributed by atoms with Gasteiger partial charge in [0, 0.05) is 0 Å². The van der Waals surface area contributed by atoms with Gasteiger partial charge in [-0.2, -0.15) is 0 Å². The molecular formula is C23H21N3O4. The first kappa shape index (κ1) is 20.6. The fraction of sp³-hybridized carbons (Fsp3) is 0.0870. The van der Waals surface area contributed by atoms with Gasteiger partial charge in [0.1, 0.15) is 11.5 Å². The second-order valence-electron chi connectivity index (χ2n) is 6.06. The topological polar surface area (TPSA) is 108 Å². The first-order valence-corrected chi connectivity index (χ1v) is 9.42. The highest BCUT2D eigenvalue weighted by atomic mass is 16.4. The quantitative estimate of drug-likeness (QED) is 0.454. The molecular weight excluding hydrogens is 382 g/mol. The van der Waals surface area contributed by atoms with Crippen LogP contribution < -0.4 is 0 Å². The summed E-state index contributed by atoms with van der Waals surface area (Å²) in [4.78, 5) is 15.6. The highest BCUT2D eigenvalue weighted by molar-refractivity contribution is 5.87. The van der Waals surface area contributed by atoms with Crippen LogP contribution in [-0.2, 0) is 0 Å². The molecule has 1 aromatic heterocycles. The van der Waals surface area contributed by atoms with Crippen LogP contribution in [0.15, 0.2) is 72.8 Å². The SMILES string of the molecule is CC.O=C(O)c1ccc(-n2nc(-c3ccccc3O)nc2-c2ccccc2O)cc1. The lowest BCUT2D eigenvalue weighted by Crippen LogP contribution is -2.02. The summed E-state index contributed by atoms with van der Waals surface area (Å²) in [6, 6.07) is 19.5. The number of hydrogen-bond acceptors (Lipinski definition) is 5. The van der Waals surface area contributed by atoms with E-state index in [2.05, 4.69) is 10.1 Å². The van der Waals surface area contributed by atoms with Gasteiger partial charge in [-0.25, -0.2) is 14.5 Å². The third-order valence-corrected chi connectivity index (χ3v) is 4.26. The number of nitrogens with zero attached hydrogens (tertiary/aromatic N) is 3. The average molecular weight is 403 g/mol. The zero-order valence-electron chi connectivity index (χ0n) is 16.5. The molecule has 0 unspecified atom stereocenters. The smallest absolute Gasteiger partial charge is 0.335 e. The number of phenols is 2. The van der Waals surface area contributed by atoms with E-state index in [1.807, 2.05) is 13.8 Å². The molecule has 0 aliphatic heterocycles. The van der Waals surface area contributed by atoms with Crippen LogP contribution in [0.2, 0.25) is 0 Å². The molecule has 0 saturated carbocycles. The number of benzene rings is 3. The Bertz CT molecular complexity index is 1170. The number of hydrogen-bond donors (Lipinski definition) is 3. The van der Waals surface area contributed by atoms with Crippen LogP contribution in [-0.4, -0.2) is 36.1 Å². The minimum absolute atomic E-state index is 0.0298. The molecule has 30 heavy (non-hydrogen) atoms. The van der Waals surface area contributed by atoms with E-state index in [4.69, 9.17) is 5.11 Å². The van der Waals surface area contributed by atoms with E-state index in [0.717, 1.165) is 0 Å². The number of para-hydroxylation sites is 2.